The summed E-state index contributed by atoms with van der Waals surface area (Å²) in [7, 11) is -19.5. The molecule has 6 rings (SSSR count). The molecule has 0 fully saturated rings. The van der Waals surface area contributed by atoms with E-state index in [2.05, 4.69) is 31.1 Å². The van der Waals surface area contributed by atoms with Crippen LogP contribution < -0.4 is 15.4 Å². The number of carbonyl (C=O) groups is 1. The fourth-order valence-electron chi connectivity index (χ4n) is 5.67. The minimum absolute atomic E-state index is 0. The molecule has 0 aliphatic rings. The number of carbonyl (C=O) groups excluding carboxylic acids is 1. The van der Waals surface area contributed by atoms with Gasteiger partial charge in [-0.1, -0.05) is 0 Å². The first-order valence-corrected chi connectivity index (χ1v) is 22.5. The molecule has 0 atom stereocenters. The molecule has 0 aromatic heterocycles. The van der Waals surface area contributed by atoms with Crippen molar-refractivity contribution in [1.29, 1.82) is 0 Å². The predicted octanol–water partition coefficient (Wildman–Crippen LogP) is 5.74. The van der Waals surface area contributed by atoms with Gasteiger partial charge in [-0.05, 0) is 109 Å². The zero-order chi connectivity index (χ0) is 44.7. The Morgan fingerprint density at radius 2 is 0.938 bits per heavy atom. The number of phenolic OH excluding ortho intramolecular Hbond substituents is 2. The molecule has 65 heavy (non-hydrogen) atoms. The summed E-state index contributed by atoms with van der Waals surface area (Å²) >= 11 is 0. The van der Waals surface area contributed by atoms with E-state index in [0.29, 0.717) is 0 Å². The van der Waals surface area contributed by atoms with Gasteiger partial charge in [0.25, 0.3) is 40.5 Å². The Balaban J connectivity index is 0.00000363. The second kappa shape index (κ2) is 23.1. The molecule has 8 N–H and O–H groups in total. The maximum atomic E-state index is 13.1. The first-order valence-electron chi connectivity index (χ1n) is 16.7. The molecular formula is C35H28N6Na4O16S4. The summed E-state index contributed by atoms with van der Waals surface area (Å²) in [5.74, 6) is -1.73. The van der Waals surface area contributed by atoms with Gasteiger partial charge in [-0.15, -0.1) is 10.2 Å². The van der Waals surface area contributed by atoms with E-state index < -0.39 is 89.0 Å². The number of hydrogen-bond acceptors (Lipinski definition) is 16. The van der Waals surface area contributed by atoms with Crippen LogP contribution in [-0.4, -0.2) is 193 Å². The first-order chi connectivity index (χ1) is 28.4. The van der Waals surface area contributed by atoms with Gasteiger partial charge >= 0.3 is 6.03 Å². The van der Waals surface area contributed by atoms with E-state index in [0.717, 1.165) is 48.5 Å². The van der Waals surface area contributed by atoms with Crippen LogP contribution in [0.25, 0.3) is 21.5 Å². The third-order valence-electron chi connectivity index (χ3n) is 8.34. The van der Waals surface area contributed by atoms with Crippen LogP contribution in [0.5, 0.6) is 17.2 Å². The number of anilines is 2. The van der Waals surface area contributed by atoms with E-state index >= 15 is 0 Å². The van der Waals surface area contributed by atoms with E-state index in [1.165, 1.54) is 42.5 Å². The predicted molar refractivity (Wildman–Crippen MR) is 239 cm³/mol. The van der Waals surface area contributed by atoms with Gasteiger partial charge in [-0.3, -0.25) is 18.2 Å². The number of rotatable bonds is 12. The number of hydrogen-bond donors (Lipinski definition) is 8. The second-order valence-electron chi connectivity index (χ2n) is 12.5. The normalized spacial score (nSPS) is 11.9. The fourth-order valence-corrected chi connectivity index (χ4v) is 8.12. The second-order valence-corrected chi connectivity index (χ2v) is 18.0. The molecule has 4 radical (unpaired) electrons. The topological polar surface area (TPSA) is 358 Å². The molecule has 0 spiro atoms. The summed E-state index contributed by atoms with van der Waals surface area (Å²) in [5.41, 5.74) is -1.58. The van der Waals surface area contributed by atoms with Crippen molar-refractivity contribution in [3.63, 3.8) is 0 Å². The molecule has 0 aliphatic heterocycles. The standard InChI is InChI=1S/C35H28N6O16S4.4Na/c1-2-57-27-12-7-23(17-28(27)59(48,49)50)39-41-32-30(61(54,55)56)16-19-14-22(6-11-26(19)34(32)43)37-35(44)36-21-5-10-25-18(13-21)15-29(60(51,52)53)31(33(25)42)40-38-20-3-8-24(9-4-20)58(45,46)47;;;;/h3-17,42-43H,2H2,1H3,(H2,36,37,44)(H,45,46,47)(H,48,49,50)(H,51,52,53)(H,54,55,56);;;;. The van der Waals surface area contributed by atoms with Crippen molar-refractivity contribution in [1.82, 2.24) is 0 Å². The number of nitrogens with one attached hydrogen (secondary N) is 2. The van der Waals surface area contributed by atoms with Crippen LogP contribution in [0, 0.1) is 0 Å². The molecule has 22 nitrogen and oxygen atoms in total. The number of urea groups is 1. The third kappa shape index (κ3) is 14.2. The first kappa shape index (κ1) is 58.5. The van der Waals surface area contributed by atoms with Crippen LogP contribution in [-0.2, 0) is 40.5 Å². The molecular weight excluding hydrogens is 981 g/mol. The minimum atomic E-state index is -5.11. The Morgan fingerprint density at radius 1 is 0.523 bits per heavy atom. The number of fused-ring (bicyclic) bond motifs is 2. The number of benzene rings is 6. The van der Waals surface area contributed by atoms with E-state index in [4.69, 9.17) is 9.29 Å². The fraction of sp³-hybridized carbons (Fsp3) is 0.0571. The van der Waals surface area contributed by atoms with Gasteiger partial charge < -0.3 is 25.6 Å². The van der Waals surface area contributed by atoms with Gasteiger partial charge in [-0.2, -0.15) is 43.9 Å². The van der Waals surface area contributed by atoms with Crippen LogP contribution >= 0.6 is 0 Å². The van der Waals surface area contributed by atoms with E-state index in [1.807, 2.05) is 0 Å². The molecule has 30 heteroatoms. The van der Waals surface area contributed by atoms with Crippen molar-refractivity contribution in [2.45, 2.75) is 26.5 Å². The van der Waals surface area contributed by atoms with Gasteiger partial charge in [0, 0.05) is 140 Å². The van der Waals surface area contributed by atoms with Crippen LogP contribution in [0.3, 0.4) is 0 Å². The van der Waals surface area contributed by atoms with Crippen LogP contribution in [0.1, 0.15) is 6.92 Å². The average Bonchev–Trinajstić information content (AvgIpc) is 3.16. The van der Waals surface area contributed by atoms with Crippen molar-refractivity contribution in [2.75, 3.05) is 17.2 Å². The van der Waals surface area contributed by atoms with Crippen molar-refractivity contribution in [3.05, 3.63) is 91.0 Å². The Bertz CT molecular complexity index is 3330. The molecule has 6 aromatic rings. The average molecular weight is 1010 g/mol. The third-order valence-corrected chi connectivity index (χ3v) is 11.8. The molecule has 6 aromatic carbocycles. The largest absolute Gasteiger partial charge is 0.505 e. The number of azo groups is 2. The summed E-state index contributed by atoms with van der Waals surface area (Å²) in [5, 5.41) is 41.9. The summed E-state index contributed by atoms with van der Waals surface area (Å²) in [6.07, 6.45) is 0. The number of amides is 2. The smallest absolute Gasteiger partial charge is 0.323 e. The zero-order valence-electron chi connectivity index (χ0n) is 34.6. The minimum Gasteiger partial charge on any atom is -0.505 e. The van der Waals surface area contributed by atoms with Gasteiger partial charge in [-0.25, -0.2) is 4.79 Å². The van der Waals surface area contributed by atoms with Crippen LogP contribution in [0.4, 0.5) is 38.9 Å². The Morgan fingerprint density at radius 3 is 1.34 bits per heavy atom. The maximum Gasteiger partial charge on any atom is 0.323 e. The molecule has 0 bridgehead atoms. The Kier molecular flexibility index (Phi) is 20.8. The summed E-state index contributed by atoms with van der Waals surface area (Å²) < 4.78 is 140. The van der Waals surface area contributed by atoms with Crippen LogP contribution in [0.2, 0.25) is 0 Å². The number of phenols is 2. The van der Waals surface area contributed by atoms with Crippen molar-refractivity contribution >= 4 is 220 Å². The summed E-state index contributed by atoms with van der Waals surface area (Å²) in [4.78, 5) is 10.1. The van der Waals surface area contributed by atoms with E-state index in [1.54, 1.807) is 6.92 Å². The monoisotopic (exact) mass is 1010 g/mol. The van der Waals surface area contributed by atoms with E-state index in [9.17, 15) is 62.3 Å². The van der Waals surface area contributed by atoms with Gasteiger partial charge in [0.05, 0.1) is 22.9 Å². The van der Waals surface area contributed by atoms with Crippen molar-refractivity contribution in [3.8, 4) is 17.2 Å². The Hall–Kier alpha value is -2.65. The summed E-state index contributed by atoms with van der Waals surface area (Å²) in [6, 6.07) is 16.1. The molecule has 322 valence electrons. The molecule has 2 amide bonds. The van der Waals surface area contributed by atoms with Crippen LogP contribution in [0.15, 0.2) is 131 Å². The SMILES string of the molecule is CCOc1ccc(N=Nc2c(S(=O)(=O)O)cc3cc(NC(=O)Nc4ccc5c(O)c(N=Nc6ccc(S(=O)(=O)O)cc6)c(S(=O)(=O)O)cc5c4)ccc3c2O)cc1S(=O)(=O)O.[Na].[Na].[Na].[Na]. The molecule has 0 heterocycles. The van der Waals surface area contributed by atoms with Crippen molar-refractivity contribution in [2.24, 2.45) is 20.5 Å². The van der Waals surface area contributed by atoms with Gasteiger partial charge in [0.1, 0.15) is 31.8 Å². The number of aromatic hydroxyl groups is 2. The number of ether oxygens (including phenoxy) is 1. The molecule has 0 unspecified atom stereocenters. The molecule has 0 aliphatic carbocycles. The zero-order valence-corrected chi connectivity index (χ0v) is 45.8. The maximum absolute atomic E-state index is 13.1. The van der Waals surface area contributed by atoms with Gasteiger partial charge in [0.2, 0.25) is 0 Å². The van der Waals surface area contributed by atoms with E-state index in [-0.39, 0.29) is 175 Å². The van der Waals surface area contributed by atoms with Gasteiger partial charge in [0.15, 0.2) is 11.5 Å². The van der Waals surface area contributed by atoms with Crippen molar-refractivity contribution < 1.29 is 71.6 Å². The Labute approximate surface area is 458 Å². The summed E-state index contributed by atoms with van der Waals surface area (Å²) in [6.45, 7) is 1.63. The number of nitrogens with zero attached hydrogens (tertiary/aromatic N) is 4. The quantitative estimate of drug-likeness (QED) is 0.0411. The molecule has 0 saturated heterocycles. The molecule has 0 saturated carbocycles.